The second kappa shape index (κ2) is 16.8. The van der Waals surface area contributed by atoms with E-state index in [-0.39, 0.29) is 23.9 Å². The molecule has 2 amide bonds. The Hall–Kier alpha value is -6.03. The van der Waals surface area contributed by atoms with Crippen molar-refractivity contribution in [3.63, 3.8) is 0 Å². The lowest BCUT2D eigenvalue weighted by molar-refractivity contribution is -0.134. The molecule has 2 aliphatic carbocycles. The molecule has 2 atom stereocenters. The zero-order valence-corrected chi connectivity index (χ0v) is 37.0. The predicted octanol–water partition coefficient (Wildman–Crippen LogP) is 6.13. The second-order valence-electron chi connectivity index (χ2n) is 18.9. The lowest BCUT2D eigenvalue weighted by Gasteiger charge is -2.40. The van der Waals surface area contributed by atoms with Gasteiger partial charge in [-0.15, -0.1) is 6.58 Å². The molecular weight excluding hydrogens is 821 g/mol. The molecule has 3 aliphatic heterocycles. The van der Waals surface area contributed by atoms with Gasteiger partial charge in [-0.05, 0) is 123 Å². The zero-order valence-electron chi connectivity index (χ0n) is 37.0. The van der Waals surface area contributed by atoms with Crippen molar-refractivity contribution in [2.75, 3.05) is 31.5 Å². The van der Waals surface area contributed by atoms with Crippen LogP contribution in [0.5, 0.6) is 0 Å². The van der Waals surface area contributed by atoms with Gasteiger partial charge in [0.05, 0.1) is 18.2 Å². The number of fused-ring (bicyclic) bond motifs is 6. The van der Waals surface area contributed by atoms with Crippen LogP contribution in [0.4, 0.5) is 11.6 Å². The fourth-order valence-corrected chi connectivity index (χ4v) is 11.4. The van der Waals surface area contributed by atoms with E-state index in [1.807, 2.05) is 19.1 Å². The van der Waals surface area contributed by atoms with Crippen LogP contribution in [0.25, 0.3) is 27.8 Å². The van der Waals surface area contributed by atoms with Crippen molar-refractivity contribution >= 4 is 45.5 Å². The van der Waals surface area contributed by atoms with E-state index in [1.165, 1.54) is 47.9 Å². The van der Waals surface area contributed by atoms with Gasteiger partial charge >= 0.3 is 0 Å². The van der Waals surface area contributed by atoms with E-state index < -0.39 is 11.5 Å². The average Bonchev–Trinajstić information content (AvgIpc) is 3.93. The van der Waals surface area contributed by atoms with Crippen molar-refractivity contribution in [1.29, 1.82) is 0 Å². The summed E-state index contributed by atoms with van der Waals surface area (Å²) in [6.07, 6.45) is 13.7. The number of imide groups is 1. The number of rotatable bonds is 10. The Bertz CT molecular complexity index is 2930. The first-order valence-corrected chi connectivity index (χ1v) is 23.6. The standard InChI is InChI=1S/C50H56N10O5/c1-3-22-59-48(63)40-27-51-49(55-46(40)60(59)41-15-9-32-17-21-50(64,4-2)45(32)53-41)52-35-10-7-34-29-58(25-19-33(34)26-35)36-11-5-30(6-12-36)28-57-23-18-31-8-13-38-43(39-14-16-42(61)54-47(39)62)56-65-44(38)37(31)20-24-57/h3,7-10,13,15,26-27,30,36,39,64H,1,4-6,11-12,14,16-25,28-29H2,2H3,(H,51,52,55)(H,54,61,62)/t30?,36?,39?,50-/m1/s1. The molecule has 7 heterocycles. The van der Waals surface area contributed by atoms with Gasteiger partial charge in [0.15, 0.2) is 17.0 Å². The molecule has 1 saturated carbocycles. The monoisotopic (exact) mass is 876 g/mol. The Morgan fingerprint density at radius 3 is 2.55 bits per heavy atom. The zero-order chi connectivity index (χ0) is 44.4. The van der Waals surface area contributed by atoms with Gasteiger partial charge in [-0.25, -0.2) is 19.3 Å². The van der Waals surface area contributed by atoms with E-state index in [9.17, 15) is 19.5 Å². The fourth-order valence-electron chi connectivity index (χ4n) is 11.4. The van der Waals surface area contributed by atoms with Crippen LogP contribution in [0.3, 0.4) is 0 Å². The van der Waals surface area contributed by atoms with Crippen LogP contribution in [0.2, 0.25) is 0 Å². The minimum atomic E-state index is -0.989. The van der Waals surface area contributed by atoms with E-state index in [0.717, 1.165) is 80.6 Å². The maximum absolute atomic E-state index is 13.6. The lowest BCUT2D eigenvalue weighted by Crippen LogP contribution is -2.42. The number of nitrogens with zero attached hydrogens (tertiary/aromatic N) is 8. The van der Waals surface area contributed by atoms with E-state index in [2.05, 4.69) is 67.5 Å². The van der Waals surface area contributed by atoms with Crippen LogP contribution < -0.4 is 16.2 Å². The van der Waals surface area contributed by atoms with E-state index in [0.29, 0.717) is 71.8 Å². The first-order chi connectivity index (χ1) is 31.7. The third-order valence-electron chi connectivity index (χ3n) is 15.2. The summed E-state index contributed by atoms with van der Waals surface area (Å²) in [5.41, 5.74) is 8.47. The Labute approximate surface area is 376 Å². The highest BCUT2D eigenvalue weighted by Crippen LogP contribution is 2.39. The summed E-state index contributed by atoms with van der Waals surface area (Å²) < 4.78 is 9.22. The molecule has 0 spiro atoms. The molecule has 15 nitrogen and oxygen atoms in total. The number of hydrogen-bond acceptors (Lipinski definition) is 12. The molecule has 4 aromatic heterocycles. The maximum atomic E-state index is 13.6. The third-order valence-corrected chi connectivity index (χ3v) is 15.2. The molecular formula is C50H56N10O5. The fraction of sp³-hybridized carbons (Fsp3) is 0.460. The van der Waals surface area contributed by atoms with E-state index in [1.54, 1.807) is 21.6 Å². The van der Waals surface area contributed by atoms with Crippen LogP contribution in [0.1, 0.15) is 103 Å². The van der Waals surface area contributed by atoms with E-state index >= 15 is 0 Å². The van der Waals surface area contributed by atoms with Crippen molar-refractivity contribution in [3.05, 3.63) is 111 Å². The summed E-state index contributed by atoms with van der Waals surface area (Å²) in [6, 6.07) is 15.3. The molecule has 11 rings (SSSR count). The summed E-state index contributed by atoms with van der Waals surface area (Å²) in [4.78, 5) is 57.7. The molecule has 6 aromatic rings. The number of allylic oxidation sites excluding steroid dienone is 1. The third kappa shape index (κ3) is 7.56. The molecule has 2 aromatic carbocycles. The summed E-state index contributed by atoms with van der Waals surface area (Å²) in [5.74, 6) is 0.627. The maximum Gasteiger partial charge on any atom is 0.278 e. The SMILES string of the molecule is C=CCn1c(=O)c2cnc(Nc3ccc4c(c3)CCN(C3CCC(CN5CCc6ccc7c(C8CCC(=O)NC8=O)noc7c6CC5)CC3)C4)nc2n1-c1ccc2c(n1)[C@@](O)(CC)CC2. The first kappa shape index (κ1) is 41.7. The normalized spacial score (nSPS) is 23.8. The number of carbonyl (C=O) groups excluding carboxylic acids is 2. The minimum Gasteiger partial charge on any atom is -0.384 e. The summed E-state index contributed by atoms with van der Waals surface area (Å²) in [7, 11) is 0. The van der Waals surface area contributed by atoms with Gasteiger partial charge in [0.1, 0.15) is 16.7 Å². The highest BCUT2D eigenvalue weighted by Gasteiger charge is 2.38. The van der Waals surface area contributed by atoms with Crippen molar-refractivity contribution in [1.82, 2.24) is 44.6 Å². The van der Waals surface area contributed by atoms with Crippen LogP contribution >= 0.6 is 0 Å². The number of carbonyl (C=O) groups is 2. The number of hydrogen-bond donors (Lipinski definition) is 3. The molecule has 5 aliphatic rings. The quantitative estimate of drug-likeness (QED) is 0.106. The lowest BCUT2D eigenvalue weighted by atomic mass is 9.84. The Morgan fingerprint density at radius 1 is 0.908 bits per heavy atom. The van der Waals surface area contributed by atoms with Crippen molar-refractivity contribution in [2.45, 2.75) is 115 Å². The van der Waals surface area contributed by atoms with Gasteiger partial charge in [-0.1, -0.05) is 36.4 Å². The number of piperidine rings is 1. The molecule has 2 fully saturated rings. The molecule has 336 valence electrons. The van der Waals surface area contributed by atoms with Gasteiger partial charge in [0.25, 0.3) is 5.56 Å². The smallest absolute Gasteiger partial charge is 0.278 e. The highest BCUT2D eigenvalue weighted by atomic mass is 16.5. The molecule has 15 heteroatoms. The highest BCUT2D eigenvalue weighted by molar-refractivity contribution is 6.02. The number of aryl methyl sites for hydroxylation is 1. The van der Waals surface area contributed by atoms with Gasteiger partial charge < -0.3 is 19.8 Å². The van der Waals surface area contributed by atoms with Gasteiger partial charge in [0, 0.05) is 68.0 Å². The number of anilines is 2. The van der Waals surface area contributed by atoms with Crippen molar-refractivity contribution < 1.29 is 19.2 Å². The van der Waals surface area contributed by atoms with Gasteiger partial charge in [-0.3, -0.25) is 24.6 Å². The molecule has 65 heavy (non-hydrogen) atoms. The van der Waals surface area contributed by atoms with Gasteiger partial charge in [-0.2, -0.15) is 4.98 Å². The topological polar surface area (TPSA) is 177 Å². The Kier molecular flexibility index (Phi) is 10.7. The van der Waals surface area contributed by atoms with Crippen molar-refractivity contribution in [3.8, 4) is 5.82 Å². The van der Waals surface area contributed by atoms with Crippen LogP contribution in [-0.2, 0) is 54.0 Å². The van der Waals surface area contributed by atoms with Gasteiger partial charge in [0.2, 0.25) is 17.8 Å². The summed E-state index contributed by atoms with van der Waals surface area (Å²) in [6.45, 7) is 11.2. The Balaban J connectivity index is 0.715. The number of pyridine rings is 1. The average molecular weight is 877 g/mol. The largest absolute Gasteiger partial charge is 0.384 e. The number of nitrogens with one attached hydrogen (secondary N) is 2. The molecule has 1 unspecified atom stereocenters. The summed E-state index contributed by atoms with van der Waals surface area (Å²) >= 11 is 0. The number of amides is 2. The van der Waals surface area contributed by atoms with Crippen LogP contribution in [0, 0.1) is 5.92 Å². The molecule has 0 radical (unpaired) electrons. The summed E-state index contributed by atoms with van der Waals surface area (Å²) in [5, 5.41) is 22.9. The minimum absolute atomic E-state index is 0.225. The molecule has 0 bridgehead atoms. The number of benzene rings is 2. The van der Waals surface area contributed by atoms with Crippen LogP contribution in [-0.4, -0.2) is 88.4 Å². The number of aromatic nitrogens is 6. The van der Waals surface area contributed by atoms with Crippen molar-refractivity contribution in [2.24, 2.45) is 5.92 Å². The first-order valence-electron chi connectivity index (χ1n) is 23.6. The second-order valence-corrected chi connectivity index (χ2v) is 18.9. The Morgan fingerprint density at radius 2 is 1.72 bits per heavy atom. The molecule has 1 saturated heterocycles. The van der Waals surface area contributed by atoms with Crippen LogP contribution in [0.15, 0.2) is 70.6 Å². The predicted molar refractivity (Wildman–Crippen MR) is 246 cm³/mol. The van der Waals surface area contributed by atoms with E-state index in [4.69, 9.17) is 14.5 Å². The number of aliphatic hydroxyl groups is 1. The molecule has 3 N–H and O–H groups in total.